The average Bonchev–Trinajstić information content (AvgIpc) is 1.98. The van der Waals surface area contributed by atoms with E-state index in [-0.39, 0.29) is 0 Å². The molecule has 0 bridgehead atoms. The quantitative estimate of drug-likeness (QED) is 0.279. The second-order valence-electron chi connectivity index (χ2n) is 1.72. The van der Waals surface area contributed by atoms with E-state index in [0.29, 0.717) is 5.72 Å². The van der Waals surface area contributed by atoms with Crippen LogP contribution in [0, 0.1) is 0 Å². The molecule has 1 aromatic rings. The minimum Gasteiger partial charge on any atom is -0.248 e. The van der Waals surface area contributed by atoms with E-state index in [1.165, 1.54) is 0 Å². The lowest BCUT2D eigenvalue weighted by Crippen LogP contribution is -2.45. The normalized spacial score (nSPS) is 9.75. The van der Waals surface area contributed by atoms with Gasteiger partial charge < -0.3 is 0 Å². The fraction of sp³-hybridized carbons (Fsp3) is 0.500. The van der Waals surface area contributed by atoms with Crippen LogP contribution in [0.15, 0.2) is 6.33 Å². The highest BCUT2D eigenvalue weighted by Gasteiger charge is 2.01. The summed E-state index contributed by atoms with van der Waals surface area (Å²) >= 11 is 0. The Morgan fingerprint density at radius 2 is 2.50 bits per heavy atom. The molecule has 0 saturated carbocycles. The molecule has 0 aliphatic heterocycles. The summed E-state index contributed by atoms with van der Waals surface area (Å²) in [5.41, 5.74) is 0.657. The standard InChI is InChI=1S/C4H7BN3/c1-7-3-6-8(2)4(7)5/h3H,1-2H3/q+1. The topological polar surface area (TPSA) is 21.7 Å². The predicted octanol–water partition coefficient (Wildman–Crippen LogP) is -1.96. The highest BCUT2D eigenvalue weighted by molar-refractivity contribution is 6.27. The van der Waals surface area contributed by atoms with Crippen molar-refractivity contribution >= 4 is 13.6 Å². The molecule has 3 nitrogen and oxygen atoms in total. The van der Waals surface area contributed by atoms with Crippen LogP contribution in [0.3, 0.4) is 0 Å². The van der Waals surface area contributed by atoms with Crippen LogP contribution in [0.2, 0.25) is 0 Å². The lowest BCUT2D eigenvalue weighted by atomic mass is 10.1. The van der Waals surface area contributed by atoms with Crippen LogP contribution in [-0.2, 0) is 14.1 Å². The Balaban J connectivity index is 3.19. The molecule has 1 heterocycles. The summed E-state index contributed by atoms with van der Waals surface area (Å²) < 4.78 is 3.36. The molecule has 0 atom stereocenters. The largest absolute Gasteiger partial charge is 0.264 e. The van der Waals surface area contributed by atoms with Crippen molar-refractivity contribution in [3.05, 3.63) is 6.33 Å². The first-order valence-electron chi connectivity index (χ1n) is 2.35. The van der Waals surface area contributed by atoms with Gasteiger partial charge in [-0.2, -0.15) is 0 Å². The highest BCUT2D eigenvalue weighted by atomic mass is 15.3. The molecule has 1 aromatic heterocycles. The van der Waals surface area contributed by atoms with Gasteiger partial charge in [0, 0.05) is 5.10 Å². The summed E-state index contributed by atoms with van der Waals surface area (Å²) in [6.45, 7) is 0. The molecule has 0 saturated heterocycles. The Labute approximate surface area is 49.3 Å². The number of rotatable bonds is 0. The Morgan fingerprint density at radius 3 is 2.62 bits per heavy atom. The molecule has 0 aliphatic carbocycles. The summed E-state index contributed by atoms with van der Waals surface area (Å²) in [6, 6.07) is 0. The van der Waals surface area contributed by atoms with Gasteiger partial charge in [-0.05, 0) is 0 Å². The second kappa shape index (κ2) is 1.61. The average molecular weight is 108 g/mol. The molecule has 0 fully saturated rings. The zero-order chi connectivity index (χ0) is 6.15. The van der Waals surface area contributed by atoms with Crippen molar-refractivity contribution in [1.82, 2.24) is 9.78 Å². The third kappa shape index (κ3) is 0.618. The zero-order valence-electron chi connectivity index (χ0n) is 5.00. The molecule has 0 amide bonds. The minimum atomic E-state index is 0.657. The van der Waals surface area contributed by atoms with Crippen molar-refractivity contribution in [3.63, 3.8) is 0 Å². The summed E-state index contributed by atoms with van der Waals surface area (Å²) in [5, 5.41) is 3.87. The van der Waals surface area contributed by atoms with Gasteiger partial charge in [0.15, 0.2) is 5.72 Å². The number of aromatic nitrogens is 3. The van der Waals surface area contributed by atoms with Gasteiger partial charge in [0.1, 0.15) is 0 Å². The van der Waals surface area contributed by atoms with Crippen LogP contribution < -0.4 is 10.3 Å². The van der Waals surface area contributed by atoms with E-state index in [4.69, 9.17) is 7.85 Å². The maximum atomic E-state index is 5.47. The molecule has 4 heteroatoms. The van der Waals surface area contributed by atoms with Gasteiger partial charge >= 0.3 is 0 Å². The van der Waals surface area contributed by atoms with Crippen molar-refractivity contribution in [1.29, 1.82) is 0 Å². The molecule has 0 spiro atoms. The van der Waals surface area contributed by atoms with E-state index in [1.807, 2.05) is 7.05 Å². The maximum Gasteiger partial charge on any atom is 0.264 e. The van der Waals surface area contributed by atoms with Crippen molar-refractivity contribution in [3.8, 4) is 0 Å². The number of hydrogen-bond donors (Lipinski definition) is 0. The van der Waals surface area contributed by atoms with Gasteiger partial charge in [-0.3, -0.25) is 0 Å². The van der Waals surface area contributed by atoms with Gasteiger partial charge in [-0.25, -0.2) is 4.57 Å². The van der Waals surface area contributed by atoms with Crippen LogP contribution in [-0.4, -0.2) is 17.6 Å². The van der Waals surface area contributed by atoms with Gasteiger partial charge in [-0.1, -0.05) is 0 Å². The SMILES string of the molecule is [B]c1n(C)nc[n+]1C. The van der Waals surface area contributed by atoms with E-state index in [0.717, 1.165) is 0 Å². The first kappa shape index (κ1) is 5.34. The molecular weight excluding hydrogens is 101 g/mol. The number of hydrogen-bond acceptors (Lipinski definition) is 1. The number of aryl methyl sites for hydroxylation is 2. The van der Waals surface area contributed by atoms with Gasteiger partial charge in [0.25, 0.3) is 6.33 Å². The smallest absolute Gasteiger partial charge is 0.248 e. The highest BCUT2D eigenvalue weighted by Crippen LogP contribution is 1.58. The van der Waals surface area contributed by atoms with Gasteiger partial charge in [0.05, 0.1) is 14.1 Å². The fourth-order valence-electron chi connectivity index (χ4n) is 0.502. The second-order valence-corrected chi connectivity index (χ2v) is 1.72. The van der Waals surface area contributed by atoms with Crippen molar-refractivity contribution in [2.45, 2.75) is 0 Å². The predicted molar refractivity (Wildman–Crippen MR) is 29.8 cm³/mol. The summed E-state index contributed by atoms with van der Waals surface area (Å²) in [5.74, 6) is 0. The van der Waals surface area contributed by atoms with Crippen LogP contribution >= 0.6 is 0 Å². The molecule has 2 radical (unpaired) electrons. The Bertz CT molecular complexity index is 174. The Kier molecular flexibility index (Phi) is 1.08. The minimum absolute atomic E-state index is 0.657. The molecular formula is C4H7BN3+. The first-order chi connectivity index (χ1) is 3.72. The van der Waals surface area contributed by atoms with E-state index in [9.17, 15) is 0 Å². The molecule has 0 aromatic carbocycles. The Morgan fingerprint density at radius 1 is 1.88 bits per heavy atom. The molecule has 8 heavy (non-hydrogen) atoms. The van der Waals surface area contributed by atoms with E-state index in [2.05, 4.69) is 5.10 Å². The van der Waals surface area contributed by atoms with Crippen LogP contribution in [0.25, 0.3) is 0 Å². The molecule has 0 unspecified atom stereocenters. The monoisotopic (exact) mass is 108 g/mol. The number of nitrogens with zero attached hydrogens (tertiary/aromatic N) is 3. The van der Waals surface area contributed by atoms with Gasteiger partial charge in [0.2, 0.25) is 7.85 Å². The lowest BCUT2D eigenvalue weighted by Gasteiger charge is -1.83. The summed E-state index contributed by atoms with van der Waals surface area (Å²) in [4.78, 5) is 0. The summed E-state index contributed by atoms with van der Waals surface area (Å²) in [6.07, 6.45) is 1.66. The Hall–Kier alpha value is -0.795. The first-order valence-corrected chi connectivity index (χ1v) is 2.35. The maximum absolute atomic E-state index is 5.47. The van der Waals surface area contributed by atoms with Crippen LogP contribution in [0.1, 0.15) is 0 Å². The lowest BCUT2D eigenvalue weighted by molar-refractivity contribution is -0.654. The molecule has 0 aliphatic rings. The van der Waals surface area contributed by atoms with Crippen molar-refractivity contribution in [2.24, 2.45) is 14.1 Å². The third-order valence-corrected chi connectivity index (χ3v) is 1.09. The van der Waals surface area contributed by atoms with Crippen molar-refractivity contribution in [2.75, 3.05) is 0 Å². The van der Waals surface area contributed by atoms with E-state index in [1.54, 1.807) is 22.6 Å². The third-order valence-electron chi connectivity index (χ3n) is 1.09. The van der Waals surface area contributed by atoms with Gasteiger partial charge in [-0.15, -0.1) is 4.68 Å². The molecule has 0 N–H and O–H groups in total. The fourth-order valence-corrected chi connectivity index (χ4v) is 0.502. The van der Waals surface area contributed by atoms with E-state index >= 15 is 0 Å². The summed E-state index contributed by atoms with van der Waals surface area (Å²) in [7, 11) is 9.12. The molecule has 1 rings (SSSR count). The molecule has 40 valence electrons. The van der Waals surface area contributed by atoms with Crippen LogP contribution in [0.5, 0.6) is 0 Å². The van der Waals surface area contributed by atoms with Crippen LogP contribution in [0.4, 0.5) is 0 Å². The zero-order valence-corrected chi connectivity index (χ0v) is 5.00. The van der Waals surface area contributed by atoms with Crippen molar-refractivity contribution < 1.29 is 4.57 Å². The van der Waals surface area contributed by atoms with E-state index < -0.39 is 0 Å².